The van der Waals surface area contributed by atoms with Crippen LogP contribution in [-0.4, -0.2) is 52.9 Å². The number of hydrogen-bond donors (Lipinski definition) is 2. The van der Waals surface area contributed by atoms with E-state index in [-0.39, 0.29) is 11.3 Å². The number of carbonyl (C=O) groups is 1. The van der Waals surface area contributed by atoms with E-state index in [1.54, 1.807) is 4.90 Å². The van der Waals surface area contributed by atoms with Crippen molar-refractivity contribution in [3.8, 4) is 5.88 Å². The average Bonchev–Trinajstić information content (AvgIpc) is 3.53. The van der Waals surface area contributed by atoms with E-state index < -0.39 is 17.4 Å². The molecule has 7 heteroatoms. The van der Waals surface area contributed by atoms with Crippen molar-refractivity contribution in [2.45, 2.75) is 37.1 Å². The van der Waals surface area contributed by atoms with E-state index in [1.165, 1.54) is 12.1 Å². The van der Waals surface area contributed by atoms with Crippen LogP contribution in [0.5, 0.6) is 5.88 Å². The molecule has 32 heavy (non-hydrogen) atoms. The maximum absolute atomic E-state index is 13.2. The number of carboxylic acid groups (broad SMARTS) is 1. The quantitative estimate of drug-likeness (QED) is 0.565. The van der Waals surface area contributed by atoms with Crippen molar-refractivity contribution in [2.24, 2.45) is 5.41 Å². The van der Waals surface area contributed by atoms with E-state index in [9.17, 15) is 14.3 Å². The summed E-state index contributed by atoms with van der Waals surface area (Å²) in [5, 5.41) is 13.6. The molecule has 170 valence electrons. The molecule has 2 heterocycles. The number of piperidine rings is 1. The van der Waals surface area contributed by atoms with Gasteiger partial charge in [0.15, 0.2) is 0 Å². The lowest BCUT2D eigenvalue weighted by Gasteiger charge is -2.43. The van der Waals surface area contributed by atoms with Gasteiger partial charge in [0.1, 0.15) is 5.82 Å². The lowest BCUT2D eigenvalue weighted by Crippen LogP contribution is -2.53. The van der Waals surface area contributed by atoms with Gasteiger partial charge in [-0.05, 0) is 50.4 Å². The summed E-state index contributed by atoms with van der Waals surface area (Å²) < 4.78 is 19.1. The van der Waals surface area contributed by atoms with E-state index in [2.05, 4.69) is 29.0 Å². The van der Waals surface area contributed by atoms with Crippen molar-refractivity contribution in [1.29, 1.82) is 0 Å². The molecule has 1 aromatic carbocycles. The molecule has 2 aromatic rings. The summed E-state index contributed by atoms with van der Waals surface area (Å²) in [6.07, 6.45) is 5.01. The number of hydrogen-bond acceptors (Lipinski definition) is 4. The fourth-order valence-electron chi connectivity index (χ4n) is 5.02. The number of halogens is 1. The predicted octanol–water partition coefficient (Wildman–Crippen LogP) is 4.45. The van der Waals surface area contributed by atoms with Crippen molar-refractivity contribution in [1.82, 2.24) is 15.2 Å². The Hall–Kier alpha value is -2.93. The second-order valence-corrected chi connectivity index (χ2v) is 8.99. The second-order valence-electron chi connectivity index (χ2n) is 8.99. The van der Waals surface area contributed by atoms with Crippen LogP contribution in [0.4, 0.5) is 9.18 Å². The summed E-state index contributed by atoms with van der Waals surface area (Å²) in [6, 6.07) is 12.9. The van der Waals surface area contributed by atoms with Crippen LogP contribution in [0.15, 0.2) is 61.3 Å². The minimum absolute atomic E-state index is 0.149. The van der Waals surface area contributed by atoms with Gasteiger partial charge >= 0.3 is 6.09 Å². The van der Waals surface area contributed by atoms with Crippen molar-refractivity contribution < 1.29 is 19.0 Å². The molecule has 2 fully saturated rings. The molecule has 1 saturated heterocycles. The third-order valence-electron chi connectivity index (χ3n) is 6.90. The van der Waals surface area contributed by atoms with Crippen molar-refractivity contribution in [3.05, 3.63) is 72.7 Å². The van der Waals surface area contributed by atoms with Crippen molar-refractivity contribution >= 4 is 6.09 Å². The lowest BCUT2D eigenvalue weighted by atomic mass is 9.78. The smallest absolute Gasteiger partial charge is 0.407 e. The Kier molecular flexibility index (Phi) is 6.46. The Morgan fingerprint density at radius 3 is 2.66 bits per heavy atom. The van der Waals surface area contributed by atoms with Gasteiger partial charge in [-0.15, -0.1) is 6.58 Å². The maximum Gasteiger partial charge on any atom is 0.407 e. The molecule has 0 spiro atoms. The summed E-state index contributed by atoms with van der Waals surface area (Å²) in [4.78, 5) is 18.2. The van der Waals surface area contributed by atoms with Gasteiger partial charge in [-0.3, -0.25) is 0 Å². The number of nitrogens with one attached hydrogen (secondary N) is 1. The van der Waals surface area contributed by atoms with E-state index in [0.717, 1.165) is 44.1 Å². The minimum Gasteiger partial charge on any atom is -0.477 e. The van der Waals surface area contributed by atoms with Gasteiger partial charge in [-0.2, -0.15) is 0 Å². The van der Waals surface area contributed by atoms with Crippen molar-refractivity contribution in [3.63, 3.8) is 0 Å². The minimum atomic E-state index is -0.914. The summed E-state index contributed by atoms with van der Waals surface area (Å²) in [6.45, 7) is 6.21. The van der Waals surface area contributed by atoms with Crippen LogP contribution in [0.25, 0.3) is 0 Å². The van der Waals surface area contributed by atoms with Gasteiger partial charge in [0.05, 0.1) is 18.3 Å². The summed E-state index contributed by atoms with van der Waals surface area (Å²) >= 11 is 0. The summed E-state index contributed by atoms with van der Waals surface area (Å²) in [5.41, 5.74) is 0.324. The zero-order valence-corrected chi connectivity index (χ0v) is 18.2. The number of aromatic nitrogens is 1. The molecular formula is C25H30FN3O3. The molecule has 2 aliphatic rings. The first-order valence-corrected chi connectivity index (χ1v) is 11.1. The number of pyridine rings is 1. The highest BCUT2D eigenvalue weighted by Crippen LogP contribution is 2.58. The molecule has 0 bridgehead atoms. The average molecular weight is 440 g/mol. The number of rotatable bonds is 9. The molecule has 0 unspecified atom stereocenters. The largest absolute Gasteiger partial charge is 0.477 e. The zero-order valence-electron chi connectivity index (χ0n) is 18.2. The molecule has 4 rings (SSSR count). The van der Waals surface area contributed by atoms with Crippen LogP contribution < -0.4 is 10.1 Å². The van der Waals surface area contributed by atoms with E-state index in [0.29, 0.717) is 25.5 Å². The third-order valence-corrected chi connectivity index (χ3v) is 6.90. The number of ether oxygens (including phenoxy) is 1. The first-order valence-electron chi connectivity index (χ1n) is 11.1. The molecule has 1 aromatic heterocycles. The third kappa shape index (κ3) is 4.63. The van der Waals surface area contributed by atoms with Gasteiger partial charge in [0.25, 0.3) is 0 Å². The van der Waals surface area contributed by atoms with E-state index >= 15 is 0 Å². The molecule has 1 aliphatic carbocycles. The fourth-order valence-corrected chi connectivity index (χ4v) is 5.02. The Bertz CT molecular complexity index is 931. The first-order chi connectivity index (χ1) is 15.5. The van der Waals surface area contributed by atoms with Crippen LogP contribution in [-0.2, 0) is 0 Å². The topological polar surface area (TPSA) is 74.7 Å². The number of amides is 1. The first kappa shape index (κ1) is 22.3. The molecule has 2 N–H and O–H groups in total. The Balaban J connectivity index is 1.57. The number of benzene rings is 1. The van der Waals surface area contributed by atoms with Gasteiger partial charge in [-0.25, -0.2) is 14.2 Å². The monoisotopic (exact) mass is 439 g/mol. The van der Waals surface area contributed by atoms with Crippen LogP contribution >= 0.6 is 0 Å². The number of nitrogens with zero attached hydrogens (tertiary/aromatic N) is 2. The van der Waals surface area contributed by atoms with E-state index in [4.69, 9.17) is 4.74 Å². The summed E-state index contributed by atoms with van der Waals surface area (Å²) in [5.74, 6) is 0.0786. The lowest BCUT2D eigenvalue weighted by molar-refractivity contribution is 0.0325. The second kappa shape index (κ2) is 9.28. The molecule has 1 saturated carbocycles. The maximum atomic E-state index is 13.2. The highest BCUT2D eigenvalue weighted by molar-refractivity contribution is 5.68. The Labute approximate surface area is 188 Å². The zero-order chi connectivity index (χ0) is 22.6. The van der Waals surface area contributed by atoms with Gasteiger partial charge in [-0.1, -0.05) is 36.4 Å². The summed E-state index contributed by atoms with van der Waals surface area (Å²) in [7, 11) is 0. The Morgan fingerprint density at radius 1 is 1.28 bits per heavy atom. The van der Waals surface area contributed by atoms with E-state index in [1.807, 2.05) is 24.3 Å². The molecule has 0 radical (unpaired) electrons. The van der Waals surface area contributed by atoms with Gasteiger partial charge < -0.3 is 20.1 Å². The SMILES string of the molecule is C=CC[C@@]1(N(CC2(COc3ccc(F)cn3)CCNCC2)C(=O)O)C[C@H]1c1ccccc1. The van der Waals surface area contributed by atoms with Gasteiger partial charge in [0.2, 0.25) is 5.88 Å². The van der Waals surface area contributed by atoms with Crippen LogP contribution in [0, 0.1) is 11.2 Å². The normalized spacial score (nSPS) is 23.8. The van der Waals surface area contributed by atoms with Gasteiger partial charge in [0, 0.05) is 23.9 Å². The molecule has 1 amide bonds. The highest BCUT2D eigenvalue weighted by Gasteiger charge is 2.60. The van der Waals surface area contributed by atoms with Crippen LogP contribution in [0.1, 0.15) is 37.2 Å². The molecule has 6 nitrogen and oxygen atoms in total. The van der Waals surface area contributed by atoms with Crippen LogP contribution in [0.2, 0.25) is 0 Å². The fraction of sp³-hybridized carbons (Fsp3) is 0.440. The Morgan fingerprint density at radius 2 is 2.03 bits per heavy atom. The predicted molar refractivity (Wildman–Crippen MR) is 120 cm³/mol. The molecular weight excluding hydrogens is 409 g/mol. The standard InChI is InChI=1S/C25H30FN3O3/c1-2-10-25(15-21(25)19-6-4-3-5-7-19)29(23(30)31)17-24(11-13-27-14-12-24)18-32-22-9-8-20(26)16-28-22/h2-9,16,21,27H,1,10-15,17-18H2,(H,30,31)/t21-,25+/m0/s1. The highest BCUT2D eigenvalue weighted by atomic mass is 19.1. The van der Waals surface area contributed by atoms with Crippen LogP contribution in [0.3, 0.4) is 0 Å². The molecule has 1 aliphatic heterocycles. The van der Waals surface area contributed by atoms with Crippen molar-refractivity contribution in [2.75, 3.05) is 26.2 Å². The molecule has 2 atom stereocenters.